The highest BCUT2D eigenvalue weighted by Crippen LogP contribution is 2.26. The van der Waals surface area contributed by atoms with Gasteiger partial charge >= 0.3 is 0 Å². The van der Waals surface area contributed by atoms with Crippen LogP contribution in [0.15, 0.2) is 53.6 Å². The third kappa shape index (κ3) is 5.57. The van der Waals surface area contributed by atoms with Crippen molar-refractivity contribution in [2.45, 2.75) is 40.7 Å². The summed E-state index contributed by atoms with van der Waals surface area (Å²) in [6.07, 6.45) is 2.64. The first-order valence-corrected chi connectivity index (χ1v) is 13.0. The Hall–Kier alpha value is -3.59. The number of amides is 1. The number of ether oxygens (including phenoxy) is 1. The first kappa shape index (κ1) is 26.0. The van der Waals surface area contributed by atoms with Gasteiger partial charge in [-0.15, -0.1) is 0 Å². The van der Waals surface area contributed by atoms with E-state index in [4.69, 9.17) is 4.74 Å². The smallest absolute Gasteiger partial charge is 0.263 e. The molecule has 3 aromatic rings. The van der Waals surface area contributed by atoms with E-state index in [1.165, 1.54) is 14.0 Å². The van der Waals surface area contributed by atoms with E-state index in [0.29, 0.717) is 11.4 Å². The average Bonchev–Trinajstić information content (AvgIpc) is 3.06. The van der Waals surface area contributed by atoms with Gasteiger partial charge in [0.1, 0.15) is 11.8 Å². The number of sulfonamides is 1. The van der Waals surface area contributed by atoms with E-state index in [2.05, 4.69) is 41.1 Å². The molecule has 2 aromatic carbocycles. The molecule has 35 heavy (non-hydrogen) atoms. The Kier molecular flexibility index (Phi) is 7.70. The molecule has 1 aromatic heterocycles. The lowest BCUT2D eigenvalue weighted by molar-refractivity contribution is -0.121. The molecule has 186 valence electrons. The van der Waals surface area contributed by atoms with Crippen molar-refractivity contribution >= 4 is 27.8 Å². The summed E-state index contributed by atoms with van der Waals surface area (Å²) >= 11 is 0. The standard InChI is InChI=1S/C26H32N4O4S/c1-17-9-8-10-18(2)25(17)29-19(3)15-22(20(29)4)16-27-28-26(31)21(5)30(35(7,32)33)23-11-13-24(34-6)14-12-23/h8-16,21H,1-7H3,(H,28,31)/b27-16+. The van der Waals surface area contributed by atoms with Gasteiger partial charge in [-0.05, 0) is 76.1 Å². The molecule has 0 fully saturated rings. The SMILES string of the molecule is COc1ccc(N(C(C)C(=O)N/N=C/c2cc(C)n(-c3c(C)cccc3C)c2C)S(C)(=O)=O)cc1. The highest BCUT2D eigenvalue weighted by Gasteiger charge is 2.29. The maximum absolute atomic E-state index is 12.8. The summed E-state index contributed by atoms with van der Waals surface area (Å²) in [6.45, 7) is 9.69. The minimum atomic E-state index is -3.73. The van der Waals surface area contributed by atoms with Crippen LogP contribution in [-0.4, -0.2) is 44.5 Å². The molecule has 1 atom stereocenters. The Labute approximate surface area is 207 Å². The number of anilines is 1. The summed E-state index contributed by atoms with van der Waals surface area (Å²) < 4.78 is 33.3. The summed E-state index contributed by atoms with van der Waals surface area (Å²) in [5, 5.41) is 4.12. The number of nitrogens with one attached hydrogen (secondary N) is 1. The summed E-state index contributed by atoms with van der Waals surface area (Å²) in [5.74, 6) is 0.0356. The van der Waals surface area contributed by atoms with Gasteiger partial charge in [-0.25, -0.2) is 13.8 Å². The molecule has 0 bridgehead atoms. The van der Waals surface area contributed by atoms with E-state index in [-0.39, 0.29) is 0 Å². The number of aryl methyl sites for hydroxylation is 3. The van der Waals surface area contributed by atoms with Crippen molar-refractivity contribution < 1.29 is 17.9 Å². The molecule has 3 rings (SSSR count). The van der Waals surface area contributed by atoms with Gasteiger partial charge < -0.3 is 9.30 Å². The van der Waals surface area contributed by atoms with Crippen LogP contribution >= 0.6 is 0 Å². The topological polar surface area (TPSA) is 93.0 Å². The Bertz CT molecular complexity index is 1340. The van der Waals surface area contributed by atoms with Gasteiger partial charge in [0, 0.05) is 17.0 Å². The van der Waals surface area contributed by atoms with Gasteiger partial charge in [-0.1, -0.05) is 18.2 Å². The van der Waals surface area contributed by atoms with Crippen molar-refractivity contribution in [3.8, 4) is 11.4 Å². The number of methoxy groups -OCH3 is 1. The Morgan fingerprint density at radius 2 is 1.69 bits per heavy atom. The van der Waals surface area contributed by atoms with E-state index in [1.54, 1.807) is 30.5 Å². The Balaban J connectivity index is 1.82. The molecule has 1 heterocycles. The number of benzene rings is 2. The zero-order valence-electron chi connectivity index (χ0n) is 21.2. The predicted octanol–water partition coefficient (Wildman–Crippen LogP) is 4.02. The number of hydrogen-bond acceptors (Lipinski definition) is 5. The molecule has 0 aliphatic rings. The van der Waals surface area contributed by atoms with Crippen LogP contribution in [0.4, 0.5) is 5.69 Å². The van der Waals surface area contributed by atoms with Gasteiger partial charge in [0.25, 0.3) is 5.91 Å². The molecule has 0 saturated heterocycles. The van der Waals surface area contributed by atoms with Crippen LogP contribution in [0, 0.1) is 27.7 Å². The summed E-state index contributed by atoms with van der Waals surface area (Å²) in [6, 6.07) is 13.6. The van der Waals surface area contributed by atoms with Crippen LogP contribution in [0.2, 0.25) is 0 Å². The van der Waals surface area contributed by atoms with Crippen molar-refractivity contribution in [2.75, 3.05) is 17.7 Å². The fraction of sp³-hybridized carbons (Fsp3) is 0.308. The molecule has 1 unspecified atom stereocenters. The minimum Gasteiger partial charge on any atom is -0.497 e. The van der Waals surface area contributed by atoms with Crippen molar-refractivity contribution in [1.29, 1.82) is 0 Å². The lowest BCUT2D eigenvalue weighted by Crippen LogP contribution is -2.46. The van der Waals surface area contributed by atoms with Crippen molar-refractivity contribution in [3.05, 3.63) is 76.6 Å². The second kappa shape index (κ2) is 10.4. The number of para-hydroxylation sites is 1. The highest BCUT2D eigenvalue weighted by atomic mass is 32.2. The van der Waals surface area contributed by atoms with Crippen molar-refractivity contribution in [3.63, 3.8) is 0 Å². The lowest BCUT2D eigenvalue weighted by Gasteiger charge is -2.27. The van der Waals surface area contributed by atoms with E-state index < -0.39 is 22.0 Å². The highest BCUT2D eigenvalue weighted by molar-refractivity contribution is 7.92. The van der Waals surface area contributed by atoms with Gasteiger partial charge in [-0.3, -0.25) is 9.10 Å². The minimum absolute atomic E-state index is 0.358. The molecule has 1 amide bonds. The average molecular weight is 497 g/mol. The van der Waals surface area contributed by atoms with Gasteiger partial charge in [0.05, 0.1) is 31.0 Å². The van der Waals surface area contributed by atoms with E-state index in [9.17, 15) is 13.2 Å². The monoisotopic (exact) mass is 496 g/mol. The normalized spacial score (nSPS) is 12.5. The van der Waals surface area contributed by atoms with Crippen LogP contribution in [0.5, 0.6) is 5.75 Å². The second-order valence-corrected chi connectivity index (χ2v) is 10.4. The molecular weight excluding hydrogens is 464 g/mol. The van der Waals surface area contributed by atoms with E-state index in [1.807, 2.05) is 26.0 Å². The molecule has 0 aliphatic carbocycles. The van der Waals surface area contributed by atoms with E-state index >= 15 is 0 Å². The molecule has 1 N–H and O–H groups in total. The van der Waals surface area contributed by atoms with Gasteiger partial charge in [0.15, 0.2) is 0 Å². The molecule has 8 nitrogen and oxygen atoms in total. The van der Waals surface area contributed by atoms with Crippen LogP contribution in [0.25, 0.3) is 5.69 Å². The largest absolute Gasteiger partial charge is 0.497 e. The molecule has 0 saturated carbocycles. The van der Waals surface area contributed by atoms with Crippen LogP contribution in [0.3, 0.4) is 0 Å². The number of rotatable bonds is 8. The fourth-order valence-electron chi connectivity index (χ4n) is 4.22. The zero-order chi connectivity index (χ0) is 25.9. The van der Waals surface area contributed by atoms with Crippen LogP contribution < -0.4 is 14.5 Å². The van der Waals surface area contributed by atoms with E-state index in [0.717, 1.165) is 44.3 Å². The maximum Gasteiger partial charge on any atom is 0.263 e. The quantitative estimate of drug-likeness (QED) is 0.377. The third-order valence-electron chi connectivity index (χ3n) is 5.93. The summed E-state index contributed by atoms with van der Waals surface area (Å²) in [5.41, 5.74) is 9.19. The summed E-state index contributed by atoms with van der Waals surface area (Å²) in [4.78, 5) is 12.8. The second-order valence-electron chi connectivity index (χ2n) is 8.57. The molecule has 9 heteroatoms. The van der Waals surface area contributed by atoms with Gasteiger partial charge in [0.2, 0.25) is 10.0 Å². The lowest BCUT2D eigenvalue weighted by atomic mass is 10.1. The Morgan fingerprint density at radius 3 is 2.23 bits per heavy atom. The first-order chi connectivity index (χ1) is 16.5. The van der Waals surface area contributed by atoms with Crippen molar-refractivity contribution in [2.24, 2.45) is 5.10 Å². The summed E-state index contributed by atoms with van der Waals surface area (Å²) in [7, 11) is -2.21. The first-order valence-electron chi connectivity index (χ1n) is 11.2. The van der Waals surface area contributed by atoms with Crippen LogP contribution in [-0.2, 0) is 14.8 Å². The molecular formula is C26H32N4O4S. The number of carbonyl (C=O) groups excluding carboxylic acids is 1. The fourth-order valence-corrected chi connectivity index (χ4v) is 5.39. The van der Waals surface area contributed by atoms with Gasteiger partial charge in [-0.2, -0.15) is 5.10 Å². The number of hydrogen-bond donors (Lipinski definition) is 1. The predicted molar refractivity (Wildman–Crippen MR) is 140 cm³/mol. The number of carbonyl (C=O) groups is 1. The van der Waals surface area contributed by atoms with Crippen molar-refractivity contribution in [1.82, 2.24) is 9.99 Å². The molecule has 0 spiro atoms. The number of aromatic nitrogens is 1. The van der Waals surface area contributed by atoms with Crippen LogP contribution in [0.1, 0.15) is 35.0 Å². The maximum atomic E-state index is 12.8. The zero-order valence-corrected chi connectivity index (χ0v) is 22.0. The number of hydrazone groups is 1. The third-order valence-corrected chi connectivity index (χ3v) is 7.17. The Morgan fingerprint density at radius 1 is 1.09 bits per heavy atom. The molecule has 0 aliphatic heterocycles. The number of nitrogens with zero attached hydrogens (tertiary/aromatic N) is 3. The molecule has 0 radical (unpaired) electrons.